The van der Waals surface area contributed by atoms with Gasteiger partial charge in [-0.2, -0.15) is 0 Å². The van der Waals surface area contributed by atoms with Gasteiger partial charge in [0.2, 0.25) is 10.0 Å². The Labute approximate surface area is 206 Å². The van der Waals surface area contributed by atoms with E-state index in [9.17, 15) is 21.6 Å². The Morgan fingerprint density at radius 3 is 2.34 bits per heavy atom. The van der Waals surface area contributed by atoms with Crippen molar-refractivity contribution in [1.29, 1.82) is 0 Å². The zero-order chi connectivity index (χ0) is 25.4. The molecule has 4 rings (SSSR count). The Bertz CT molecular complexity index is 1340. The highest BCUT2D eigenvalue weighted by atomic mass is 32.2. The Hall–Kier alpha value is -2.63. The molecule has 2 aromatic carbocycles. The van der Waals surface area contributed by atoms with Crippen molar-refractivity contribution in [3.8, 4) is 0 Å². The number of piperidine rings is 1. The molecule has 0 radical (unpaired) electrons. The van der Waals surface area contributed by atoms with Crippen LogP contribution in [0.2, 0.25) is 0 Å². The highest BCUT2D eigenvalue weighted by Gasteiger charge is 2.44. The lowest BCUT2D eigenvalue weighted by Crippen LogP contribution is -2.36. The van der Waals surface area contributed by atoms with Gasteiger partial charge in [-0.25, -0.2) is 16.8 Å². The van der Waals surface area contributed by atoms with Crippen molar-refractivity contribution < 1.29 is 26.7 Å². The minimum Gasteiger partial charge on any atom is -0.395 e. The number of nitrogens with one attached hydrogen (secondary N) is 2. The Kier molecular flexibility index (Phi) is 6.87. The maximum atomic E-state index is 13.4. The number of carbonyl (C=O) groups excluding carboxylic acids is 1. The molecule has 9 nitrogen and oxygen atoms in total. The van der Waals surface area contributed by atoms with Gasteiger partial charge in [-0.3, -0.25) is 9.52 Å². The first kappa shape index (κ1) is 25.5. The third-order valence-corrected chi connectivity index (χ3v) is 9.22. The van der Waals surface area contributed by atoms with Crippen LogP contribution in [-0.2, 0) is 19.9 Å². The first-order valence-corrected chi connectivity index (χ1v) is 15.1. The molecule has 1 saturated heterocycles. The summed E-state index contributed by atoms with van der Waals surface area (Å²) in [6, 6.07) is 9.38. The van der Waals surface area contributed by atoms with Crippen LogP contribution in [0.25, 0.3) is 0 Å². The van der Waals surface area contributed by atoms with Gasteiger partial charge in [0.15, 0.2) is 9.84 Å². The van der Waals surface area contributed by atoms with Crippen molar-refractivity contribution in [2.45, 2.75) is 37.5 Å². The summed E-state index contributed by atoms with van der Waals surface area (Å²) in [7, 11) is -7.17. The molecule has 1 heterocycles. The molecule has 2 fully saturated rings. The van der Waals surface area contributed by atoms with E-state index in [0.29, 0.717) is 33.6 Å². The fourth-order valence-electron chi connectivity index (χ4n) is 4.49. The molecule has 2 aliphatic rings. The molecule has 0 unspecified atom stereocenters. The first-order chi connectivity index (χ1) is 16.4. The Morgan fingerprint density at radius 2 is 1.74 bits per heavy atom. The van der Waals surface area contributed by atoms with E-state index in [2.05, 4.69) is 14.9 Å². The molecule has 0 atom stereocenters. The van der Waals surface area contributed by atoms with E-state index in [-0.39, 0.29) is 4.90 Å². The standard InChI is InChI=1S/C24H31N3O6S2/c1-17-14-20(23(29)25-18-4-3-5-19(15-18)34(2,30)31)22(16-21(17)26-35(32,33)13-12-28)27-10-8-24(6-7-24)9-11-27/h3-5,14-16,26,28H,6-13H2,1-2H3,(H,25,29). The molecule has 35 heavy (non-hydrogen) atoms. The lowest BCUT2D eigenvalue weighted by molar-refractivity contribution is 0.102. The molecule has 1 aliphatic heterocycles. The molecule has 0 bridgehead atoms. The molecular formula is C24H31N3O6S2. The average Bonchev–Trinajstić information content (AvgIpc) is 3.53. The maximum Gasteiger partial charge on any atom is 0.257 e. The van der Waals surface area contributed by atoms with Gasteiger partial charge < -0.3 is 15.3 Å². The van der Waals surface area contributed by atoms with E-state index in [0.717, 1.165) is 32.2 Å². The SMILES string of the molecule is Cc1cc(C(=O)Nc2cccc(S(C)(=O)=O)c2)c(N2CCC3(CC2)CC3)cc1NS(=O)(=O)CCO. The number of benzene rings is 2. The monoisotopic (exact) mass is 521 g/mol. The van der Waals surface area contributed by atoms with Crippen LogP contribution < -0.4 is 14.9 Å². The number of aryl methyl sites for hydroxylation is 1. The Morgan fingerprint density at radius 1 is 1.06 bits per heavy atom. The molecule has 1 amide bonds. The van der Waals surface area contributed by atoms with Gasteiger partial charge in [0, 0.05) is 25.0 Å². The fraction of sp³-hybridized carbons (Fsp3) is 0.458. The van der Waals surface area contributed by atoms with Crippen molar-refractivity contribution in [1.82, 2.24) is 0 Å². The number of rotatable bonds is 8. The van der Waals surface area contributed by atoms with Gasteiger partial charge in [-0.15, -0.1) is 0 Å². The molecular weight excluding hydrogens is 490 g/mol. The minimum absolute atomic E-state index is 0.103. The number of sulfonamides is 1. The van der Waals surface area contributed by atoms with E-state index in [1.54, 1.807) is 31.2 Å². The third-order valence-electron chi connectivity index (χ3n) is 6.85. The molecule has 2 aromatic rings. The summed E-state index contributed by atoms with van der Waals surface area (Å²) in [5.41, 5.74) is 2.68. The summed E-state index contributed by atoms with van der Waals surface area (Å²) in [4.78, 5) is 15.6. The van der Waals surface area contributed by atoms with Gasteiger partial charge >= 0.3 is 0 Å². The van der Waals surface area contributed by atoms with Crippen LogP contribution in [0.15, 0.2) is 41.3 Å². The number of nitrogens with zero attached hydrogens (tertiary/aromatic N) is 1. The van der Waals surface area contributed by atoms with Crippen molar-refractivity contribution in [2.24, 2.45) is 5.41 Å². The summed E-state index contributed by atoms with van der Waals surface area (Å²) in [6.45, 7) is 2.73. The van der Waals surface area contributed by atoms with Crippen LogP contribution in [-0.4, -0.2) is 59.6 Å². The molecule has 1 saturated carbocycles. The highest BCUT2D eigenvalue weighted by Crippen LogP contribution is 2.54. The van der Waals surface area contributed by atoms with E-state index >= 15 is 0 Å². The quantitative estimate of drug-likeness (QED) is 0.486. The predicted octanol–water partition coefficient (Wildman–Crippen LogP) is 2.77. The van der Waals surface area contributed by atoms with Crippen LogP contribution in [0.1, 0.15) is 41.6 Å². The van der Waals surface area contributed by atoms with Crippen LogP contribution in [0.5, 0.6) is 0 Å². The highest BCUT2D eigenvalue weighted by molar-refractivity contribution is 7.92. The van der Waals surface area contributed by atoms with Gasteiger partial charge in [0.05, 0.1) is 34.2 Å². The average molecular weight is 522 g/mol. The normalized spacial score (nSPS) is 17.3. The van der Waals surface area contributed by atoms with E-state index in [1.807, 2.05) is 0 Å². The fourth-order valence-corrected chi connectivity index (χ4v) is 6.05. The molecule has 0 aromatic heterocycles. The van der Waals surface area contributed by atoms with Gasteiger partial charge in [0.1, 0.15) is 0 Å². The lowest BCUT2D eigenvalue weighted by Gasteiger charge is -2.35. The number of amides is 1. The van der Waals surface area contributed by atoms with E-state index < -0.39 is 38.1 Å². The molecule has 190 valence electrons. The van der Waals surface area contributed by atoms with Crippen molar-refractivity contribution in [2.75, 3.05) is 46.6 Å². The zero-order valence-corrected chi connectivity index (χ0v) is 21.5. The topological polar surface area (TPSA) is 133 Å². The van der Waals surface area contributed by atoms with Crippen LogP contribution in [0.4, 0.5) is 17.1 Å². The number of hydrogen-bond acceptors (Lipinski definition) is 7. The van der Waals surface area contributed by atoms with E-state index in [1.165, 1.54) is 25.0 Å². The van der Waals surface area contributed by atoms with Crippen molar-refractivity contribution in [3.63, 3.8) is 0 Å². The molecule has 1 spiro atoms. The lowest BCUT2D eigenvalue weighted by atomic mass is 9.92. The number of aliphatic hydroxyl groups is 1. The number of carbonyl (C=O) groups is 1. The number of sulfone groups is 1. The Balaban J connectivity index is 1.68. The second-order valence-electron chi connectivity index (χ2n) is 9.57. The van der Waals surface area contributed by atoms with Crippen LogP contribution >= 0.6 is 0 Å². The summed E-state index contributed by atoms with van der Waals surface area (Å²) < 4.78 is 50.9. The zero-order valence-electron chi connectivity index (χ0n) is 19.9. The second-order valence-corrected chi connectivity index (χ2v) is 13.4. The molecule has 1 aliphatic carbocycles. The number of hydrogen-bond donors (Lipinski definition) is 3. The van der Waals surface area contributed by atoms with Crippen LogP contribution in [0.3, 0.4) is 0 Å². The van der Waals surface area contributed by atoms with Gasteiger partial charge in [0.25, 0.3) is 5.91 Å². The third kappa shape index (κ3) is 5.96. The summed E-state index contributed by atoms with van der Waals surface area (Å²) in [5.74, 6) is -0.836. The predicted molar refractivity (Wildman–Crippen MR) is 136 cm³/mol. The summed E-state index contributed by atoms with van der Waals surface area (Å²) in [6.07, 6.45) is 5.60. The van der Waals surface area contributed by atoms with Crippen molar-refractivity contribution in [3.05, 3.63) is 47.5 Å². The van der Waals surface area contributed by atoms with Gasteiger partial charge in [-0.05, 0) is 73.9 Å². The maximum absolute atomic E-state index is 13.4. The molecule has 3 N–H and O–H groups in total. The van der Waals surface area contributed by atoms with Gasteiger partial charge in [-0.1, -0.05) is 6.07 Å². The minimum atomic E-state index is -3.74. The van der Waals surface area contributed by atoms with Crippen LogP contribution in [0, 0.1) is 12.3 Å². The van der Waals surface area contributed by atoms with E-state index in [4.69, 9.17) is 5.11 Å². The summed E-state index contributed by atoms with van der Waals surface area (Å²) in [5, 5.41) is 11.9. The second kappa shape index (κ2) is 9.44. The first-order valence-electron chi connectivity index (χ1n) is 11.5. The largest absolute Gasteiger partial charge is 0.395 e. The number of anilines is 3. The van der Waals surface area contributed by atoms with Crippen molar-refractivity contribution >= 4 is 42.8 Å². The smallest absolute Gasteiger partial charge is 0.257 e. The number of aliphatic hydroxyl groups excluding tert-OH is 1. The summed E-state index contributed by atoms with van der Waals surface area (Å²) >= 11 is 0. The molecule has 11 heteroatoms.